The van der Waals surface area contributed by atoms with Gasteiger partial charge >= 0.3 is 11.9 Å². The smallest absolute Gasteiger partial charge is 0.303 e. The average Bonchev–Trinajstić information content (AvgIpc) is 2.55. The number of carbonyl (C=O) groups excluding carboxylic acids is 2. The van der Waals surface area contributed by atoms with Crippen molar-refractivity contribution in [2.45, 2.75) is 51.9 Å². The first-order valence-electron chi connectivity index (χ1n) is 8.20. The summed E-state index contributed by atoms with van der Waals surface area (Å²) in [4.78, 5) is 22.3. The molecule has 0 amide bonds. The summed E-state index contributed by atoms with van der Waals surface area (Å²) < 4.78 is 16.2. The van der Waals surface area contributed by atoms with E-state index in [0.717, 1.165) is 6.42 Å². The van der Waals surface area contributed by atoms with Crippen molar-refractivity contribution in [1.29, 1.82) is 0 Å². The summed E-state index contributed by atoms with van der Waals surface area (Å²) in [5.74, 6) is -0.781. The van der Waals surface area contributed by atoms with Gasteiger partial charge in [-0.15, -0.1) is 0 Å². The van der Waals surface area contributed by atoms with Gasteiger partial charge in [-0.2, -0.15) is 0 Å². The standard InChI is InChI=1S/C19H24O5/c1-4-15-5-7-16(8-6-15)11-17-9-10-18(23-14(3)21)19(24-17)12-22-13(2)20/h5-10,17-19H,4,11-12H2,1-3H3. The van der Waals surface area contributed by atoms with E-state index < -0.39 is 18.2 Å². The minimum absolute atomic E-state index is 0.0584. The predicted octanol–water partition coefficient (Wildman–Crippen LogP) is 2.61. The molecule has 0 aromatic heterocycles. The molecule has 1 aliphatic rings. The molecule has 0 spiro atoms. The van der Waals surface area contributed by atoms with Crippen LogP contribution in [0.3, 0.4) is 0 Å². The third-order valence-electron chi connectivity index (χ3n) is 3.85. The van der Waals surface area contributed by atoms with Gasteiger partial charge in [-0.3, -0.25) is 9.59 Å². The third-order valence-corrected chi connectivity index (χ3v) is 3.85. The molecule has 5 heteroatoms. The molecule has 0 radical (unpaired) electrons. The van der Waals surface area contributed by atoms with Crippen molar-refractivity contribution in [3.63, 3.8) is 0 Å². The normalized spacial score (nSPS) is 22.9. The van der Waals surface area contributed by atoms with Crippen LogP contribution >= 0.6 is 0 Å². The molecule has 24 heavy (non-hydrogen) atoms. The maximum Gasteiger partial charge on any atom is 0.303 e. The molecule has 0 N–H and O–H groups in total. The highest BCUT2D eigenvalue weighted by molar-refractivity contribution is 5.66. The minimum atomic E-state index is -0.541. The van der Waals surface area contributed by atoms with E-state index in [-0.39, 0.29) is 18.7 Å². The fraction of sp³-hybridized carbons (Fsp3) is 0.474. The molecule has 3 atom stereocenters. The largest absolute Gasteiger partial charge is 0.463 e. The van der Waals surface area contributed by atoms with Gasteiger partial charge in [0.2, 0.25) is 0 Å². The molecule has 0 aliphatic carbocycles. The van der Waals surface area contributed by atoms with Gasteiger partial charge in [0.15, 0.2) is 0 Å². The summed E-state index contributed by atoms with van der Waals surface area (Å²) >= 11 is 0. The number of esters is 2. The van der Waals surface area contributed by atoms with Crippen LogP contribution in [0.4, 0.5) is 0 Å². The van der Waals surface area contributed by atoms with Crippen LogP contribution in [-0.4, -0.2) is 36.9 Å². The molecule has 0 saturated heterocycles. The highest BCUT2D eigenvalue weighted by Gasteiger charge is 2.30. The number of benzene rings is 1. The van der Waals surface area contributed by atoms with Gasteiger partial charge in [0.25, 0.3) is 0 Å². The van der Waals surface area contributed by atoms with E-state index in [1.54, 1.807) is 0 Å². The number of hydrogen-bond acceptors (Lipinski definition) is 5. The van der Waals surface area contributed by atoms with E-state index in [4.69, 9.17) is 14.2 Å². The Morgan fingerprint density at radius 2 is 1.71 bits per heavy atom. The number of ether oxygens (including phenoxy) is 3. The van der Waals surface area contributed by atoms with Crippen molar-refractivity contribution in [3.8, 4) is 0 Å². The molecule has 0 bridgehead atoms. The van der Waals surface area contributed by atoms with Crippen LogP contribution in [0.1, 0.15) is 31.9 Å². The monoisotopic (exact) mass is 332 g/mol. The lowest BCUT2D eigenvalue weighted by Gasteiger charge is -2.31. The van der Waals surface area contributed by atoms with E-state index in [9.17, 15) is 9.59 Å². The maximum absolute atomic E-state index is 11.2. The van der Waals surface area contributed by atoms with Crippen molar-refractivity contribution >= 4 is 11.9 Å². The Bertz CT molecular complexity index is 590. The Morgan fingerprint density at radius 1 is 1.04 bits per heavy atom. The average molecular weight is 332 g/mol. The fourth-order valence-corrected chi connectivity index (χ4v) is 2.60. The summed E-state index contributed by atoms with van der Waals surface area (Å²) in [6.07, 6.45) is 4.24. The van der Waals surface area contributed by atoms with Gasteiger partial charge in [0, 0.05) is 20.3 Å². The van der Waals surface area contributed by atoms with Gasteiger partial charge in [-0.05, 0) is 23.6 Å². The molecule has 0 fully saturated rings. The Balaban J connectivity index is 2.02. The van der Waals surface area contributed by atoms with Crippen molar-refractivity contribution in [3.05, 3.63) is 47.5 Å². The molecule has 1 heterocycles. The van der Waals surface area contributed by atoms with Gasteiger partial charge in [-0.1, -0.05) is 37.3 Å². The molecule has 1 aromatic rings. The van der Waals surface area contributed by atoms with E-state index in [1.165, 1.54) is 25.0 Å². The van der Waals surface area contributed by atoms with E-state index in [0.29, 0.717) is 6.42 Å². The third kappa shape index (κ3) is 5.49. The van der Waals surface area contributed by atoms with Crippen molar-refractivity contribution in [2.24, 2.45) is 0 Å². The Kier molecular flexibility index (Phi) is 6.55. The summed E-state index contributed by atoms with van der Waals surface area (Å²) in [5.41, 5.74) is 2.46. The molecular formula is C19H24O5. The molecular weight excluding hydrogens is 308 g/mol. The lowest BCUT2D eigenvalue weighted by atomic mass is 10.0. The number of rotatable bonds is 6. The second-order valence-corrected chi connectivity index (χ2v) is 5.85. The van der Waals surface area contributed by atoms with Crippen LogP contribution in [0, 0.1) is 0 Å². The number of carbonyl (C=O) groups is 2. The lowest BCUT2D eigenvalue weighted by molar-refractivity contribution is -0.163. The van der Waals surface area contributed by atoms with E-state index >= 15 is 0 Å². The van der Waals surface area contributed by atoms with Crippen LogP contribution in [0.15, 0.2) is 36.4 Å². The molecule has 130 valence electrons. The van der Waals surface area contributed by atoms with Gasteiger partial charge in [0.1, 0.15) is 18.8 Å². The molecule has 2 rings (SSSR count). The van der Waals surface area contributed by atoms with Crippen molar-refractivity contribution in [2.75, 3.05) is 6.61 Å². The highest BCUT2D eigenvalue weighted by Crippen LogP contribution is 2.20. The van der Waals surface area contributed by atoms with Crippen LogP contribution in [0.5, 0.6) is 0 Å². The molecule has 1 aliphatic heterocycles. The molecule has 3 unspecified atom stereocenters. The summed E-state index contributed by atoms with van der Waals surface area (Å²) in [7, 11) is 0. The summed E-state index contributed by atoms with van der Waals surface area (Å²) in [5, 5.41) is 0. The van der Waals surface area contributed by atoms with Crippen LogP contribution in [0.25, 0.3) is 0 Å². The fourth-order valence-electron chi connectivity index (χ4n) is 2.60. The Labute approximate surface area is 142 Å². The Hall–Kier alpha value is -2.14. The zero-order valence-corrected chi connectivity index (χ0v) is 14.4. The number of aryl methyl sites for hydroxylation is 1. The lowest BCUT2D eigenvalue weighted by Crippen LogP contribution is -2.41. The first kappa shape index (κ1) is 18.2. The highest BCUT2D eigenvalue weighted by atomic mass is 16.6. The van der Waals surface area contributed by atoms with Crippen molar-refractivity contribution < 1.29 is 23.8 Å². The molecule has 5 nitrogen and oxygen atoms in total. The second kappa shape index (κ2) is 8.64. The SMILES string of the molecule is CCc1ccc(CC2C=CC(OC(C)=O)C(COC(C)=O)O2)cc1. The van der Waals surface area contributed by atoms with E-state index in [1.807, 2.05) is 12.2 Å². The van der Waals surface area contributed by atoms with Crippen LogP contribution in [-0.2, 0) is 36.6 Å². The molecule has 1 aromatic carbocycles. The quantitative estimate of drug-likeness (QED) is 0.592. The maximum atomic E-state index is 11.2. The number of hydrogen-bond donors (Lipinski definition) is 0. The summed E-state index contributed by atoms with van der Waals surface area (Å²) in [6.45, 7) is 4.87. The van der Waals surface area contributed by atoms with E-state index in [2.05, 4.69) is 31.2 Å². The second-order valence-electron chi connectivity index (χ2n) is 5.85. The Morgan fingerprint density at radius 3 is 2.29 bits per heavy atom. The van der Waals surface area contributed by atoms with Gasteiger partial charge in [-0.25, -0.2) is 0 Å². The summed E-state index contributed by atoms with van der Waals surface area (Å²) in [6, 6.07) is 8.41. The predicted molar refractivity (Wildman–Crippen MR) is 89.5 cm³/mol. The first-order valence-corrected chi connectivity index (χ1v) is 8.20. The zero-order chi connectivity index (χ0) is 17.5. The first-order chi connectivity index (χ1) is 11.5. The van der Waals surface area contributed by atoms with Gasteiger partial charge < -0.3 is 14.2 Å². The van der Waals surface area contributed by atoms with Gasteiger partial charge in [0.05, 0.1) is 6.10 Å². The minimum Gasteiger partial charge on any atom is -0.463 e. The molecule has 0 saturated carbocycles. The zero-order valence-electron chi connectivity index (χ0n) is 14.4. The van der Waals surface area contributed by atoms with Crippen molar-refractivity contribution in [1.82, 2.24) is 0 Å². The van der Waals surface area contributed by atoms with Crippen LogP contribution < -0.4 is 0 Å². The topological polar surface area (TPSA) is 61.8 Å². The van der Waals surface area contributed by atoms with Crippen LogP contribution in [0.2, 0.25) is 0 Å².